The van der Waals surface area contributed by atoms with Gasteiger partial charge in [0.1, 0.15) is 11.4 Å². The van der Waals surface area contributed by atoms with Gasteiger partial charge in [-0.1, -0.05) is 26.0 Å². The Balaban J connectivity index is 2.32. The number of aryl methyl sites for hydroxylation is 2. The molecule has 1 aromatic carbocycles. The summed E-state index contributed by atoms with van der Waals surface area (Å²) in [4.78, 5) is 11.3. The van der Waals surface area contributed by atoms with Gasteiger partial charge in [0.15, 0.2) is 0 Å². The van der Waals surface area contributed by atoms with Crippen LogP contribution in [0.1, 0.15) is 41.4 Å². The van der Waals surface area contributed by atoms with Gasteiger partial charge < -0.3 is 10.4 Å². The number of benzene rings is 1. The number of anilines is 2. The van der Waals surface area contributed by atoms with E-state index in [1.165, 1.54) is 5.56 Å². The van der Waals surface area contributed by atoms with E-state index in [1.54, 1.807) is 18.7 Å². The van der Waals surface area contributed by atoms with Crippen LogP contribution in [0.2, 0.25) is 0 Å². The van der Waals surface area contributed by atoms with Crippen LogP contribution in [0.25, 0.3) is 0 Å². The Morgan fingerprint density at radius 3 is 2.40 bits per heavy atom. The molecule has 0 bridgehead atoms. The summed E-state index contributed by atoms with van der Waals surface area (Å²) >= 11 is 0. The number of aromatic carboxylic acids is 1. The molecule has 0 spiro atoms. The summed E-state index contributed by atoms with van der Waals surface area (Å²) in [7, 11) is 1.73. The van der Waals surface area contributed by atoms with E-state index in [1.807, 2.05) is 24.3 Å². The van der Waals surface area contributed by atoms with E-state index >= 15 is 0 Å². The van der Waals surface area contributed by atoms with Crippen LogP contribution in [0.3, 0.4) is 0 Å². The van der Waals surface area contributed by atoms with Crippen LogP contribution in [-0.4, -0.2) is 20.9 Å². The third-order valence-corrected chi connectivity index (χ3v) is 3.28. The van der Waals surface area contributed by atoms with E-state index in [9.17, 15) is 9.90 Å². The van der Waals surface area contributed by atoms with Crippen molar-refractivity contribution >= 4 is 17.5 Å². The molecule has 2 rings (SSSR count). The zero-order valence-corrected chi connectivity index (χ0v) is 12.1. The Hall–Kier alpha value is -2.30. The van der Waals surface area contributed by atoms with Crippen LogP contribution >= 0.6 is 0 Å². The summed E-state index contributed by atoms with van der Waals surface area (Å²) in [6.45, 7) is 5.96. The molecule has 0 aliphatic heterocycles. The van der Waals surface area contributed by atoms with Crippen LogP contribution in [0, 0.1) is 6.92 Å². The predicted octanol–water partition coefficient (Wildman–Crippen LogP) is 3.29. The minimum absolute atomic E-state index is 0.209. The third kappa shape index (κ3) is 2.66. The van der Waals surface area contributed by atoms with Gasteiger partial charge in [-0.3, -0.25) is 4.68 Å². The number of nitrogens with zero attached hydrogens (tertiary/aromatic N) is 2. The number of rotatable bonds is 4. The van der Waals surface area contributed by atoms with E-state index in [4.69, 9.17) is 0 Å². The lowest BCUT2D eigenvalue weighted by Gasteiger charge is -2.10. The highest BCUT2D eigenvalue weighted by atomic mass is 16.4. The summed E-state index contributed by atoms with van der Waals surface area (Å²) in [6, 6.07) is 7.97. The molecule has 0 aliphatic rings. The minimum atomic E-state index is -0.975. The van der Waals surface area contributed by atoms with E-state index < -0.39 is 5.97 Å². The lowest BCUT2D eigenvalue weighted by molar-refractivity contribution is 0.0697. The molecule has 0 amide bonds. The first-order chi connectivity index (χ1) is 9.40. The Morgan fingerprint density at radius 2 is 1.90 bits per heavy atom. The fraction of sp³-hybridized carbons (Fsp3) is 0.333. The number of carbonyl (C=O) groups is 1. The average molecular weight is 273 g/mol. The fourth-order valence-electron chi connectivity index (χ4n) is 2.15. The van der Waals surface area contributed by atoms with Crippen LogP contribution < -0.4 is 5.32 Å². The molecule has 5 heteroatoms. The second kappa shape index (κ2) is 5.36. The van der Waals surface area contributed by atoms with Gasteiger partial charge in [0.2, 0.25) is 0 Å². The van der Waals surface area contributed by atoms with Crippen LogP contribution in [-0.2, 0) is 7.05 Å². The summed E-state index contributed by atoms with van der Waals surface area (Å²) in [5.74, 6) is -0.0122. The Bertz CT molecular complexity index is 627. The smallest absolute Gasteiger partial charge is 0.341 e. The number of carboxylic acid groups (broad SMARTS) is 1. The predicted molar refractivity (Wildman–Crippen MR) is 78.7 cm³/mol. The molecule has 2 aromatic rings. The first-order valence-corrected chi connectivity index (χ1v) is 6.54. The van der Waals surface area contributed by atoms with Crippen LogP contribution in [0.5, 0.6) is 0 Å². The van der Waals surface area contributed by atoms with Crippen molar-refractivity contribution in [1.82, 2.24) is 9.78 Å². The van der Waals surface area contributed by atoms with Crippen molar-refractivity contribution in [3.8, 4) is 0 Å². The highest BCUT2D eigenvalue weighted by molar-refractivity contribution is 5.95. The number of hydrogen-bond donors (Lipinski definition) is 2. The van der Waals surface area contributed by atoms with Gasteiger partial charge in [0, 0.05) is 12.7 Å². The minimum Gasteiger partial charge on any atom is -0.477 e. The molecule has 0 aliphatic carbocycles. The molecule has 0 radical (unpaired) electrons. The number of hydrogen-bond acceptors (Lipinski definition) is 3. The van der Waals surface area contributed by atoms with Gasteiger partial charge in [-0.15, -0.1) is 0 Å². The van der Waals surface area contributed by atoms with Gasteiger partial charge in [-0.25, -0.2) is 4.79 Å². The van der Waals surface area contributed by atoms with Crippen molar-refractivity contribution < 1.29 is 9.90 Å². The molecule has 20 heavy (non-hydrogen) atoms. The number of nitrogens with one attached hydrogen (secondary N) is 1. The maximum atomic E-state index is 11.3. The zero-order valence-electron chi connectivity index (χ0n) is 12.1. The van der Waals surface area contributed by atoms with Crippen molar-refractivity contribution in [3.63, 3.8) is 0 Å². The van der Waals surface area contributed by atoms with Crippen molar-refractivity contribution in [2.45, 2.75) is 26.7 Å². The molecule has 2 N–H and O–H groups in total. The van der Waals surface area contributed by atoms with Gasteiger partial charge in [0.05, 0.1) is 5.69 Å². The Morgan fingerprint density at radius 1 is 1.30 bits per heavy atom. The van der Waals surface area contributed by atoms with Crippen molar-refractivity contribution in [3.05, 3.63) is 41.1 Å². The normalized spacial score (nSPS) is 10.8. The lowest BCUT2D eigenvalue weighted by atomic mass is 10.0. The zero-order chi connectivity index (χ0) is 14.9. The quantitative estimate of drug-likeness (QED) is 0.897. The molecule has 0 atom stereocenters. The highest BCUT2D eigenvalue weighted by Gasteiger charge is 2.19. The Labute approximate surface area is 118 Å². The van der Waals surface area contributed by atoms with E-state index in [2.05, 4.69) is 24.3 Å². The lowest BCUT2D eigenvalue weighted by Crippen LogP contribution is -2.05. The largest absolute Gasteiger partial charge is 0.477 e. The third-order valence-electron chi connectivity index (χ3n) is 3.28. The molecular weight excluding hydrogens is 254 g/mol. The fourth-order valence-corrected chi connectivity index (χ4v) is 2.15. The van der Waals surface area contributed by atoms with Crippen molar-refractivity contribution in [2.24, 2.45) is 7.05 Å². The monoisotopic (exact) mass is 273 g/mol. The number of aromatic nitrogens is 2. The van der Waals surface area contributed by atoms with Crippen LogP contribution in [0.4, 0.5) is 11.5 Å². The van der Waals surface area contributed by atoms with E-state index in [-0.39, 0.29) is 5.56 Å². The number of carboxylic acids is 1. The highest BCUT2D eigenvalue weighted by Crippen LogP contribution is 2.24. The SMILES string of the molecule is Cc1nn(C)c(Nc2ccc(C(C)C)cc2)c1C(=O)O. The molecule has 0 fully saturated rings. The second-order valence-electron chi connectivity index (χ2n) is 5.14. The summed E-state index contributed by atoms with van der Waals surface area (Å²) in [6.07, 6.45) is 0. The summed E-state index contributed by atoms with van der Waals surface area (Å²) in [5, 5.41) is 16.5. The second-order valence-corrected chi connectivity index (χ2v) is 5.14. The van der Waals surface area contributed by atoms with Gasteiger partial charge in [-0.2, -0.15) is 5.10 Å². The molecule has 1 heterocycles. The first kappa shape index (κ1) is 14.1. The molecule has 1 aromatic heterocycles. The molecular formula is C15H19N3O2. The van der Waals surface area contributed by atoms with E-state index in [0.717, 1.165) is 5.69 Å². The molecule has 0 unspecified atom stereocenters. The van der Waals surface area contributed by atoms with Gasteiger partial charge >= 0.3 is 5.97 Å². The van der Waals surface area contributed by atoms with Crippen molar-refractivity contribution in [2.75, 3.05) is 5.32 Å². The van der Waals surface area contributed by atoms with Gasteiger partial charge in [0.25, 0.3) is 0 Å². The molecule has 106 valence electrons. The van der Waals surface area contributed by atoms with Gasteiger partial charge in [-0.05, 0) is 30.5 Å². The summed E-state index contributed by atoms with van der Waals surface area (Å²) < 4.78 is 1.55. The Kier molecular flexibility index (Phi) is 3.79. The average Bonchev–Trinajstić information content (AvgIpc) is 2.64. The van der Waals surface area contributed by atoms with E-state index in [0.29, 0.717) is 17.4 Å². The maximum Gasteiger partial charge on any atom is 0.341 e. The first-order valence-electron chi connectivity index (χ1n) is 6.54. The molecule has 0 saturated carbocycles. The molecule has 0 saturated heterocycles. The maximum absolute atomic E-state index is 11.3. The van der Waals surface area contributed by atoms with Crippen LogP contribution in [0.15, 0.2) is 24.3 Å². The molecule has 5 nitrogen and oxygen atoms in total. The summed E-state index contributed by atoms with van der Waals surface area (Å²) in [5.41, 5.74) is 2.80. The standard InChI is InChI=1S/C15H19N3O2/c1-9(2)11-5-7-12(8-6-11)16-14-13(15(19)20)10(3)17-18(14)4/h5-9,16H,1-4H3,(H,19,20). The van der Waals surface area contributed by atoms with Crippen molar-refractivity contribution in [1.29, 1.82) is 0 Å². The topological polar surface area (TPSA) is 67.2 Å².